The molecule has 3 rings (SSSR count). The second-order valence-corrected chi connectivity index (χ2v) is 7.25. The molecular formula is C17H22ClFN2O. The van der Waals surface area contributed by atoms with Crippen molar-refractivity contribution >= 4 is 17.5 Å². The Kier molecular flexibility index (Phi) is 4.17. The summed E-state index contributed by atoms with van der Waals surface area (Å²) in [7, 11) is 0. The van der Waals surface area contributed by atoms with Crippen molar-refractivity contribution in [3.8, 4) is 0 Å². The van der Waals surface area contributed by atoms with Gasteiger partial charge in [-0.3, -0.25) is 4.79 Å². The number of nitrogens with two attached hydrogens (primary N) is 1. The molecule has 0 radical (unpaired) electrons. The molecule has 1 atom stereocenters. The minimum atomic E-state index is -0.354. The van der Waals surface area contributed by atoms with Crippen LogP contribution in [0.15, 0.2) is 18.2 Å². The van der Waals surface area contributed by atoms with Crippen LogP contribution in [0.1, 0.15) is 44.6 Å². The normalized spacial score (nSPS) is 32.0. The molecule has 1 saturated carbocycles. The lowest BCUT2D eigenvalue weighted by atomic mass is 9.71. The summed E-state index contributed by atoms with van der Waals surface area (Å²) in [6.07, 6.45) is 4.49. The largest absolute Gasteiger partial charge is 0.335 e. The number of carbonyl (C=O) groups excluding carboxylic acids is 1. The molecule has 0 aromatic heterocycles. The first-order chi connectivity index (χ1) is 10.4. The first kappa shape index (κ1) is 15.8. The number of halogens is 2. The van der Waals surface area contributed by atoms with Crippen LogP contribution < -0.4 is 5.73 Å². The fourth-order valence-electron chi connectivity index (χ4n) is 3.94. The van der Waals surface area contributed by atoms with Gasteiger partial charge in [0.05, 0.1) is 5.41 Å². The van der Waals surface area contributed by atoms with Crippen LogP contribution in [0.25, 0.3) is 0 Å². The van der Waals surface area contributed by atoms with Crippen LogP contribution in [-0.2, 0) is 11.3 Å². The Hall–Kier alpha value is -1.13. The van der Waals surface area contributed by atoms with Gasteiger partial charge in [0.25, 0.3) is 0 Å². The zero-order valence-electron chi connectivity index (χ0n) is 12.8. The number of nitrogens with zero attached hydrogens (tertiary/aromatic N) is 1. The summed E-state index contributed by atoms with van der Waals surface area (Å²) in [5, 5.41) is 0.381. The first-order valence-corrected chi connectivity index (χ1v) is 8.30. The van der Waals surface area contributed by atoms with Gasteiger partial charge < -0.3 is 10.6 Å². The van der Waals surface area contributed by atoms with E-state index in [2.05, 4.69) is 6.92 Å². The molecule has 22 heavy (non-hydrogen) atoms. The van der Waals surface area contributed by atoms with E-state index >= 15 is 0 Å². The van der Waals surface area contributed by atoms with E-state index < -0.39 is 0 Å². The van der Waals surface area contributed by atoms with Crippen LogP contribution in [0.5, 0.6) is 0 Å². The molecule has 120 valence electrons. The highest BCUT2D eigenvalue weighted by molar-refractivity contribution is 6.31. The Bertz CT molecular complexity index is 584. The van der Waals surface area contributed by atoms with Crippen molar-refractivity contribution in [3.63, 3.8) is 0 Å². The molecule has 5 heteroatoms. The molecule has 1 spiro atoms. The Morgan fingerprint density at radius 1 is 1.41 bits per heavy atom. The predicted molar refractivity (Wildman–Crippen MR) is 84.9 cm³/mol. The highest BCUT2D eigenvalue weighted by atomic mass is 35.5. The number of carbonyl (C=O) groups is 1. The molecule has 0 bridgehead atoms. The highest BCUT2D eigenvalue weighted by Gasteiger charge is 2.50. The third-order valence-corrected chi connectivity index (χ3v) is 5.63. The van der Waals surface area contributed by atoms with Gasteiger partial charge >= 0.3 is 0 Å². The smallest absolute Gasteiger partial charge is 0.229 e. The van der Waals surface area contributed by atoms with Crippen LogP contribution in [0.4, 0.5) is 4.39 Å². The summed E-state index contributed by atoms with van der Waals surface area (Å²) in [5.74, 6) is -0.139. The Morgan fingerprint density at radius 3 is 2.73 bits per heavy atom. The summed E-state index contributed by atoms with van der Waals surface area (Å²) in [4.78, 5) is 14.8. The lowest BCUT2D eigenvalue weighted by molar-refractivity contribution is -0.138. The van der Waals surface area contributed by atoms with Gasteiger partial charge in [0, 0.05) is 23.7 Å². The Morgan fingerprint density at radius 2 is 2.09 bits per heavy atom. The topological polar surface area (TPSA) is 46.3 Å². The van der Waals surface area contributed by atoms with Crippen LogP contribution >= 0.6 is 11.6 Å². The van der Waals surface area contributed by atoms with E-state index in [-0.39, 0.29) is 29.2 Å². The van der Waals surface area contributed by atoms with Gasteiger partial charge in [0.15, 0.2) is 0 Å². The molecule has 1 aliphatic heterocycles. The Labute approximate surface area is 135 Å². The molecule has 2 fully saturated rings. The molecule has 1 aromatic rings. The standard InChI is InChI=1S/C17H22ClFN2O/c1-11-9-17(6-4-14(20)5-7-17)16(22)21(11)10-12-2-3-13(19)8-15(12)18/h2-3,8,11,14H,4-7,9-10,20H2,1H3. The summed E-state index contributed by atoms with van der Waals surface area (Å²) in [6.45, 7) is 2.53. The highest BCUT2D eigenvalue weighted by Crippen LogP contribution is 2.47. The quantitative estimate of drug-likeness (QED) is 0.905. The summed E-state index contributed by atoms with van der Waals surface area (Å²) >= 11 is 6.11. The summed E-state index contributed by atoms with van der Waals surface area (Å²) < 4.78 is 13.2. The van der Waals surface area contributed by atoms with Crippen molar-refractivity contribution in [3.05, 3.63) is 34.6 Å². The summed E-state index contributed by atoms with van der Waals surface area (Å²) in [5.41, 5.74) is 6.54. The van der Waals surface area contributed by atoms with Crippen LogP contribution in [0.3, 0.4) is 0 Å². The van der Waals surface area contributed by atoms with Gasteiger partial charge in [-0.25, -0.2) is 4.39 Å². The number of rotatable bonds is 2. The van der Waals surface area contributed by atoms with Crippen LogP contribution in [-0.4, -0.2) is 22.9 Å². The molecule has 1 aliphatic carbocycles. The lowest BCUT2D eigenvalue weighted by Crippen LogP contribution is -2.40. The number of benzene rings is 1. The molecule has 1 amide bonds. The molecule has 1 unspecified atom stereocenters. The summed E-state index contributed by atoms with van der Waals surface area (Å²) in [6, 6.07) is 4.77. The molecular weight excluding hydrogens is 303 g/mol. The monoisotopic (exact) mass is 324 g/mol. The maximum atomic E-state index is 13.2. The van der Waals surface area contributed by atoms with E-state index in [4.69, 9.17) is 17.3 Å². The van der Waals surface area contributed by atoms with E-state index in [9.17, 15) is 9.18 Å². The van der Waals surface area contributed by atoms with E-state index in [0.717, 1.165) is 37.7 Å². The zero-order valence-corrected chi connectivity index (χ0v) is 13.6. The van der Waals surface area contributed by atoms with Crippen molar-refractivity contribution in [1.29, 1.82) is 0 Å². The average Bonchev–Trinajstić information content (AvgIpc) is 2.69. The molecule has 3 nitrogen and oxygen atoms in total. The van der Waals surface area contributed by atoms with Crippen molar-refractivity contribution in [2.75, 3.05) is 0 Å². The van der Waals surface area contributed by atoms with E-state index in [0.29, 0.717) is 11.6 Å². The van der Waals surface area contributed by atoms with Gasteiger partial charge in [0.1, 0.15) is 5.82 Å². The van der Waals surface area contributed by atoms with Gasteiger partial charge in [-0.2, -0.15) is 0 Å². The van der Waals surface area contributed by atoms with Gasteiger partial charge in [0.2, 0.25) is 5.91 Å². The number of likely N-dealkylation sites (tertiary alicyclic amines) is 1. The van der Waals surface area contributed by atoms with Crippen molar-refractivity contribution in [2.24, 2.45) is 11.1 Å². The fourth-order valence-corrected chi connectivity index (χ4v) is 4.17. The predicted octanol–water partition coefficient (Wildman–Crippen LogP) is 3.49. The van der Waals surface area contributed by atoms with Gasteiger partial charge in [-0.05, 0) is 56.7 Å². The van der Waals surface area contributed by atoms with E-state index in [1.54, 1.807) is 6.07 Å². The van der Waals surface area contributed by atoms with Crippen LogP contribution in [0.2, 0.25) is 5.02 Å². The number of hydrogen-bond donors (Lipinski definition) is 1. The second kappa shape index (κ2) is 5.82. The van der Waals surface area contributed by atoms with E-state index in [1.165, 1.54) is 12.1 Å². The van der Waals surface area contributed by atoms with Crippen molar-refractivity contribution in [2.45, 2.75) is 57.7 Å². The van der Waals surface area contributed by atoms with Crippen molar-refractivity contribution in [1.82, 2.24) is 4.90 Å². The molecule has 1 heterocycles. The fraction of sp³-hybridized carbons (Fsp3) is 0.588. The molecule has 2 N–H and O–H groups in total. The number of hydrogen-bond acceptors (Lipinski definition) is 2. The first-order valence-electron chi connectivity index (χ1n) is 7.92. The third-order valence-electron chi connectivity index (χ3n) is 5.28. The minimum Gasteiger partial charge on any atom is -0.335 e. The molecule has 1 saturated heterocycles. The molecule has 1 aromatic carbocycles. The third kappa shape index (κ3) is 2.74. The molecule has 2 aliphatic rings. The van der Waals surface area contributed by atoms with E-state index in [1.807, 2.05) is 4.90 Å². The SMILES string of the molecule is CC1CC2(CCC(N)CC2)C(=O)N1Cc1ccc(F)cc1Cl. The Balaban J connectivity index is 1.78. The average molecular weight is 325 g/mol. The zero-order chi connectivity index (χ0) is 15.9. The van der Waals surface area contributed by atoms with Gasteiger partial charge in [-0.1, -0.05) is 17.7 Å². The van der Waals surface area contributed by atoms with Gasteiger partial charge in [-0.15, -0.1) is 0 Å². The second-order valence-electron chi connectivity index (χ2n) is 6.84. The lowest BCUT2D eigenvalue weighted by Gasteiger charge is -2.34. The maximum Gasteiger partial charge on any atom is 0.229 e. The maximum absolute atomic E-state index is 13.2. The van der Waals surface area contributed by atoms with Crippen molar-refractivity contribution < 1.29 is 9.18 Å². The van der Waals surface area contributed by atoms with Crippen LogP contribution in [0, 0.1) is 11.2 Å². The minimum absolute atomic E-state index is 0.183. The number of amides is 1.